The third kappa shape index (κ3) is 6.30. The molecule has 33 heavy (non-hydrogen) atoms. The molecule has 0 bridgehead atoms. The number of ether oxygens (including phenoxy) is 1. The van der Waals surface area contributed by atoms with E-state index in [0.29, 0.717) is 5.75 Å². The van der Waals surface area contributed by atoms with Gasteiger partial charge in [0.1, 0.15) is 12.3 Å². The molecule has 0 aliphatic carbocycles. The summed E-state index contributed by atoms with van der Waals surface area (Å²) in [6.45, 7) is -0.227. The molecule has 0 spiro atoms. The maximum atomic E-state index is 12.8. The number of amides is 2. The summed E-state index contributed by atoms with van der Waals surface area (Å²) in [5, 5.41) is 5.42. The SMILES string of the molecule is COc1ccccc1N(CC(=O)Nc1ccccc1C(=O)NCc1cccnc1)S(C)(=O)=O. The van der Waals surface area contributed by atoms with Crippen molar-refractivity contribution in [1.29, 1.82) is 0 Å². The summed E-state index contributed by atoms with van der Waals surface area (Å²) in [5.74, 6) is -0.691. The summed E-state index contributed by atoms with van der Waals surface area (Å²) in [6.07, 6.45) is 4.29. The van der Waals surface area contributed by atoms with E-state index in [1.165, 1.54) is 7.11 Å². The molecule has 2 aromatic carbocycles. The zero-order valence-corrected chi connectivity index (χ0v) is 19.0. The number of aromatic nitrogens is 1. The number of anilines is 2. The van der Waals surface area contributed by atoms with Crippen molar-refractivity contribution >= 4 is 33.2 Å². The summed E-state index contributed by atoms with van der Waals surface area (Å²) in [7, 11) is -2.38. The molecule has 10 heteroatoms. The second kappa shape index (κ2) is 10.6. The lowest BCUT2D eigenvalue weighted by Crippen LogP contribution is -2.38. The number of hydrogen-bond acceptors (Lipinski definition) is 6. The quantitative estimate of drug-likeness (QED) is 0.498. The van der Waals surface area contributed by atoms with Crippen LogP contribution in [0.25, 0.3) is 0 Å². The lowest BCUT2D eigenvalue weighted by Gasteiger charge is -2.23. The number of rotatable bonds is 9. The molecule has 0 unspecified atom stereocenters. The third-order valence-electron chi connectivity index (χ3n) is 4.66. The molecule has 0 saturated carbocycles. The van der Waals surface area contributed by atoms with Gasteiger partial charge in [-0.3, -0.25) is 18.9 Å². The van der Waals surface area contributed by atoms with Crippen LogP contribution in [0.2, 0.25) is 0 Å². The minimum Gasteiger partial charge on any atom is -0.495 e. The molecule has 0 radical (unpaired) electrons. The Labute approximate surface area is 192 Å². The lowest BCUT2D eigenvalue weighted by molar-refractivity contribution is -0.114. The Kier molecular flexibility index (Phi) is 7.62. The molecule has 2 N–H and O–H groups in total. The predicted molar refractivity (Wildman–Crippen MR) is 126 cm³/mol. The summed E-state index contributed by atoms with van der Waals surface area (Å²) >= 11 is 0. The van der Waals surface area contributed by atoms with Gasteiger partial charge >= 0.3 is 0 Å². The standard InChI is InChI=1S/C23H24N4O5S/c1-32-21-12-6-5-11-20(21)27(33(2,30)31)16-22(28)26-19-10-4-3-9-18(19)23(29)25-15-17-8-7-13-24-14-17/h3-14H,15-16H2,1-2H3,(H,25,29)(H,26,28). The van der Waals surface area contributed by atoms with Crippen LogP contribution in [0.15, 0.2) is 73.1 Å². The van der Waals surface area contributed by atoms with Crippen molar-refractivity contribution in [3.8, 4) is 5.75 Å². The number of nitrogens with one attached hydrogen (secondary N) is 2. The molecular weight excluding hydrogens is 444 g/mol. The fourth-order valence-corrected chi connectivity index (χ4v) is 3.97. The Morgan fingerprint density at radius 2 is 1.76 bits per heavy atom. The topological polar surface area (TPSA) is 118 Å². The highest BCUT2D eigenvalue weighted by Gasteiger charge is 2.24. The van der Waals surface area contributed by atoms with Crippen LogP contribution in [-0.2, 0) is 21.4 Å². The Bertz CT molecular complexity index is 1230. The Morgan fingerprint density at radius 1 is 1.03 bits per heavy atom. The number of nitrogens with zero attached hydrogens (tertiary/aromatic N) is 2. The Morgan fingerprint density at radius 3 is 2.45 bits per heavy atom. The van der Waals surface area contributed by atoms with Crippen LogP contribution >= 0.6 is 0 Å². The molecule has 1 heterocycles. The molecular formula is C23H24N4O5S. The van der Waals surface area contributed by atoms with Gasteiger partial charge in [-0.25, -0.2) is 8.42 Å². The second-order valence-electron chi connectivity index (χ2n) is 7.08. The van der Waals surface area contributed by atoms with E-state index in [1.807, 2.05) is 6.07 Å². The van der Waals surface area contributed by atoms with Crippen LogP contribution < -0.4 is 19.7 Å². The second-order valence-corrected chi connectivity index (χ2v) is 8.99. The largest absolute Gasteiger partial charge is 0.495 e. The Balaban J connectivity index is 1.76. The molecule has 3 aromatic rings. The van der Waals surface area contributed by atoms with Crippen molar-refractivity contribution in [3.63, 3.8) is 0 Å². The van der Waals surface area contributed by atoms with E-state index >= 15 is 0 Å². The molecule has 2 amide bonds. The monoisotopic (exact) mass is 468 g/mol. The minimum atomic E-state index is -3.80. The third-order valence-corrected chi connectivity index (χ3v) is 5.79. The molecule has 0 aliphatic rings. The molecule has 0 saturated heterocycles. The van der Waals surface area contributed by atoms with E-state index in [1.54, 1.807) is 67.0 Å². The molecule has 0 aliphatic heterocycles. The van der Waals surface area contributed by atoms with Crippen molar-refractivity contribution in [3.05, 3.63) is 84.2 Å². The number of carbonyl (C=O) groups excluding carboxylic acids is 2. The molecule has 172 valence electrons. The van der Waals surface area contributed by atoms with Crippen molar-refractivity contribution in [2.24, 2.45) is 0 Å². The first-order valence-corrected chi connectivity index (χ1v) is 11.8. The first kappa shape index (κ1) is 23.7. The van der Waals surface area contributed by atoms with Gasteiger partial charge in [0, 0.05) is 18.9 Å². The van der Waals surface area contributed by atoms with Gasteiger partial charge in [0.15, 0.2) is 0 Å². The van der Waals surface area contributed by atoms with Gasteiger partial charge in [-0.1, -0.05) is 30.3 Å². The highest BCUT2D eigenvalue weighted by molar-refractivity contribution is 7.92. The van der Waals surface area contributed by atoms with Gasteiger partial charge in [0.2, 0.25) is 15.9 Å². The molecule has 3 rings (SSSR count). The van der Waals surface area contributed by atoms with Crippen LogP contribution in [0.3, 0.4) is 0 Å². The highest BCUT2D eigenvalue weighted by Crippen LogP contribution is 2.29. The summed E-state index contributed by atoms with van der Waals surface area (Å²) < 4.78 is 31.0. The van der Waals surface area contributed by atoms with Crippen molar-refractivity contribution in [1.82, 2.24) is 10.3 Å². The maximum Gasteiger partial charge on any atom is 0.253 e. The van der Waals surface area contributed by atoms with Gasteiger partial charge < -0.3 is 15.4 Å². The molecule has 1 aromatic heterocycles. The van der Waals surface area contributed by atoms with Crippen LogP contribution in [0.5, 0.6) is 5.75 Å². The van der Waals surface area contributed by atoms with E-state index in [2.05, 4.69) is 15.6 Å². The number of para-hydroxylation sites is 3. The number of pyridine rings is 1. The van der Waals surface area contributed by atoms with Gasteiger partial charge in [0.25, 0.3) is 5.91 Å². The van der Waals surface area contributed by atoms with Crippen molar-refractivity contribution in [2.45, 2.75) is 6.54 Å². The maximum absolute atomic E-state index is 12.8. The van der Waals surface area contributed by atoms with Crippen LogP contribution in [0, 0.1) is 0 Å². The zero-order chi connectivity index (χ0) is 23.8. The van der Waals surface area contributed by atoms with E-state index in [-0.39, 0.29) is 29.4 Å². The van der Waals surface area contributed by atoms with Crippen LogP contribution in [-0.4, -0.2) is 45.1 Å². The average molecular weight is 469 g/mol. The van der Waals surface area contributed by atoms with E-state index < -0.39 is 22.5 Å². The number of benzene rings is 2. The highest BCUT2D eigenvalue weighted by atomic mass is 32.2. The molecule has 0 atom stereocenters. The summed E-state index contributed by atoms with van der Waals surface area (Å²) in [4.78, 5) is 29.5. The fourth-order valence-electron chi connectivity index (χ4n) is 3.11. The molecule has 0 fully saturated rings. The number of methoxy groups -OCH3 is 1. The van der Waals surface area contributed by atoms with Gasteiger partial charge in [-0.2, -0.15) is 0 Å². The average Bonchev–Trinajstić information content (AvgIpc) is 2.81. The number of hydrogen-bond donors (Lipinski definition) is 2. The summed E-state index contributed by atoms with van der Waals surface area (Å²) in [6, 6.07) is 16.6. The zero-order valence-electron chi connectivity index (χ0n) is 18.2. The summed E-state index contributed by atoms with van der Waals surface area (Å²) in [5.41, 5.74) is 1.57. The van der Waals surface area contributed by atoms with E-state index in [0.717, 1.165) is 16.1 Å². The van der Waals surface area contributed by atoms with Gasteiger partial charge in [0.05, 0.1) is 30.3 Å². The normalized spacial score (nSPS) is 10.8. The van der Waals surface area contributed by atoms with Crippen molar-refractivity contribution < 1.29 is 22.7 Å². The smallest absolute Gasteiger partial charge is 0.253 e. The number of sulfonamides is 1. The van der Waals surface area contributed by atoms with Gasteiger partial charge in [-0.05, 0) is 35.9 Å². The van der Waals surface area contributed by atoms with E-state index in [4.69, 9.17) is 4.74 Å². The lowest BCUT2D eigenvalue weighted by atomic mass is 10.1. The molecule has 9 nitrogen and oxygen atoms in total. The Hall–Kier alpha value is -3.92. The van der Waals surface area contributed by atoms with Gasteiger partial charge in [-0.15, -0.1) is 0 Å². The first-order chi connectivity index (χ1) is 15.8. The van der Waals surface area contributed by atoms with Crippen LogP contribution in [0.4, 0.5) is 11.4 Å². The van der Waals surface area contributed by atoms with E-state index in [9.17, 15) is 18.0 Å². The first-order valence-electron chi connectivity index (χ1n) is 9.96. The fraction of sp³-hybridized carbons (Fsp3) is 0.174. The van der Waals surface area contributed by atoms with Crippen molar-refractivity contribution in [2.75, 3.05) is 29.5 Å². The minimum absolute atomic E-state index is 0.236. The predicted octanol–water partition coefficient (Wildman–Crippen LogP) is 2.42. The van der Waals surface area contributed by atoms with Crippen LogP contribution in [0.1, 0.15) is 15.9 Å². The number of carbonyl (C=O) groups is 2.